The molecule has 0 unspecified atom stereocenters. The minimum absolute atomic E-state index is 0.0338. The number of carbonyl (C=O) groups is 1. The highest BCUT2D eigenvalue weighted by Crippen LogP contribution is 2.31. The zero-order chi connectivity index (χ0) is 21.3. The maximum absolute atomic E-state index is 12.3. The van der Waals surface area contributed by atoms with E-state index < -0.39 is 4.92 Å². The number of benzene rings is 2. The van der Waals surface area contributed by atoms with Crippen molar-refractivity contribution >= 4 is 40.3 Å². The number of amidine groups is 1. The van der Waals surface area contributed by atoms with Gasteiger partial charge >= 0.3 is 0 Å². The number of aliphatic imine (C=N–C) groups is 1. The third kappa shape index (κ3) is 4.18. The summed E-state index contributed by atoms with van der Waals surface area (Å²) in [5.74, 6) is 0.708. The van der Waals surface area contributed by atoms with Crippen LogP contribution in [0, 0.1) is 24.0 Å². The van der Waals surface area contributed by atoms with Crippen molar-refractivity contribution in [1.29, 1.82) is 0 Å². The normalized spacial score (nSPS) is 16.3. The van der Waals surface area contributed by atoms with Crippen LogP contribution in [-0.2, 0) is 4.79 Å². The molecular weight excluding hydrogens is 402 g/mol. The van der Waals surface area contributed by atoms with E-state index in [1.807, 2.05) is 31.2 Å². The summed E-state index contributed by atoms with van der Waals surface area (Å²) in [5.41, 5.74) is 3.10. The predicted molar refractivity (Wildman–Crippen MR) is 118 cm³/mol. The fourth-order valence-corrected chi connectivity index (χ4v) is 3.71. The second-order valence-electron chi connectivity index (χ2n) is 6.78. The molecule has 7 nitrogen and oxygen atoms in total. The number of hydrogen-bond acceptors (Lipinski definition) is 6. The molecule has 1 aliphatic rings. The highest BCUT2D eigenvalue weighted by molar-refractivity contribution is 8.18. The van der Waals surface area contributed by atoms with Gasteiger partial charge in [0.25, 0.3) is 11.6 Å². The molecule has 150 valence electrons. The predicted octanol–water partition coefficient (Wildman–Crippen LogP) is 5.36. The first-order valence-corrected chi connectivity index (χ1v) is 9.92. The molecule has 1 aromatic heterocycles. The Hall–Kier alpha value is -3.65. The Bertz CT molecular complexity index is 1210. The molecule has 0 aliphatic carbocycles. The molecule has 4 rings (SSSR count). The maximum Gasteiger partial charge on any atom is 0.273 e. The van der Waals surface area contributed by atoms with Gasteiger partial charge in [-0.3, -0.25) is 14.9 Å². The average molecular weight is 419 g/mol. The van der Waals surface area contributed by atoms with Crippen molar-refractivity contribution in [3.63, 3.8) is 0 Å². The Labute approximate surface area is 176 Å². The topological polar surface area (TPSA) is 97.7 Å². The number of nitro groups is 1. The molecule has 2 aromatic carbocycles. The lowest BCUT2D eigenvalue weighted by molar-refractivity contribution is -0.385. The number of thioether (sulfide) groups is 1. The van der Waals surface area contributed by atoms with Crippen LogP contribution in [0.5, 0.6) is 0 Å². The van der Waals surface area contributed by atoms with Gasteiger partial charge in [-0.15, -0.1) is 0 Å². The van der Waals surface area contributed by atoms with Crippen LogP contribution >= 0.6 is 11.8 Å². The van der Waals surface area contributed by atoms with Gasteiger partial charge in [0, 0.05) is 23.3 Å². The number of nitro benzene ring substituents is 1. The van der Waals surface area contributed by atoms with Crippen molar-refractivity contribution in [3.05, 3.63) is 86.5 Å². The summed E-state index contributed by atoms with van der Waals surface area (Å²) in [6, 6.07) is 16.1. The van der Waals surface area contributed by atoms with Crippen molar-refractivity contribution in [1.82, 2.24) is 5.32 Å². The van der Waals surface area contributed by atoms with E-state index in [4.69, 9.17) is 4.42 Å². The number of nitrogens with zero attached hydrogens (tertiary/aromatic N) is 2. The van der Waals surface area contributed by atoms with Gasteiger partial charge in [0.15, 0.2) is 5.17 Å². The summed E-state index contributed by atoms with van der Waals surface area (Å²) >= 11 is 1.23. The van der Waals surface area contributed by atoms with E-state index in [-0.39, 0.29) is 11.6 Å². The molecule has 3 aromatic rings. The van der Waals surface area contributed by atoms with Crippen LogP contribution in [0.25, 0.3) is 17.4 Å². The Kier molecular flexibility index (Phi) is 5.24. The third-order valence-corrected chi connectivity index (χ3v) is 5.42. The first-order valence-electron chi connectivity index (χ1n) is 9.10. The van der Waals surface area contributed by atoms with E-state index >= 15 is 0 Å². The van der Waals surface area contributed by atoms with Gasteiger partial charge in [0.1, 0.15) is 11.5 Å². The summed E-state index contributed by atoms with van der Waals surface area (Å²) in [5, 5.41) is 14.4. The minimum Gasteiger partial charge on any atom is -0.457 e. The molecule has 1 aliphatic heterocycles. The quantitative estimate of drug-likeness (QED) is 0.349. The molecule has 30 heavy (non-hydrogen) atoms. The zero-order valence-corrected chi connectivity index (χ0v) is 17.0. The average Bonchev–Trinajstić information content (AvgIpc) is 3.31. The van der Waals surface area contributed by atoms with Gasteiger partial charge < -0.3 is 9.73 Å². The van der Waals surface area contributed by atoms with Crippen molar-refractivity contribution in [2.75, 3.05) is 0 Å². The number of hydrogen-bond donors (Lipinski definition) is 1. The lowest BCUT2D eigenvalue weighted by atomic mass is 10.1. The number of nitrogens with one attached hydrogen (secondary N) is 1. The molecule has 0 radical (unpaired) electrons. The van der Waals surface area contributed by atoms with E-state index in [1.165, 1.54) is 17.8 Å². The van der Waals surface area contributed by atoms with Gasteiger partial charge in [-0.25, -0.2) is 4.99 Å². The standard InChI is InChI=1S/C22H17N3O4S/c1-13-3-7-16(8-4-13)23-22-24-21(26)20(30-22)12-17-9-10-19(29-17)15-6-5-14(2)18(11-15)25(27)28/h3-12H,1-2H3,(H,23,24,26)/b20-12+. The molecule has 8 heteroatoms. The van der Waals surface area contributed by atoms with Gasteiger partial charge in [-0.1, -0.05) is 29.8 Å². The van der Waals surface area contributed by atoms with Gasteiger partial charge in [0.2, 0.25) is 0 Å². The third-order valence-electron chi connectivity index (χ3n) is 4.51. The fraction of sp³-hybridized carbons (Fsp3) is 0.0909. The van der Waals surface area contributed by atoms with Crippen LogP contribution in [0.3, 0.4) is 0 Å². The van der Waals surface area contributed by atoms with Crippen LogP contribution < -0.4 is 5.32 Å². The highest BCUT2D eigenvalue weighted by Gasteiger charge is 2.24. The zero-order valence-electron chi connectivity index (χ0n) is 16.2. The Morgan fingerprint density at radius 3 is 2.60 bits per heavy atom. The van der Waals surface area contributed by atoms with E-state index in [1.54, 1.807) is 37.3 Å². The van der Waals surface area contributed by atoms with Crippen LogP contribution in [0.1, 0.15) is 16.9 Å². The van der Waals surface area contributed by atoms with Crippen molar-refractivity contribution < 1.29 is 14.1 Å². The van der Waals surface area contributed by atoms with Crippen LogP contribution in [0.15, 0.2) is 68.9 Å². The second-order valence-corrected chi connectivity index (χ2v) is 7.81. The van der Waals surface area contributed by atoms with Crippen molar-refractivity contribution in [3.8, 4) is 11.3 Å². The second kappa shape index (κ2) is 8.00. The van der Waals surface area contributed by atoms with Gasteiger partial charge in [-0.05, 0) is 49.9 Å². The molecule has 0 bridgehead atoms. The van der Waals surface area contributed by atoms with Gasteiger partial charge in [-0.2, -0.15) is 0 Å². The van der Waals surface area contributed by atoms with Crippen molar-refractivity contribution in [2.24, 2.45) is 4.99 Å². The Morgan fingerprint density at radius 1 is 1.10 bits per heavy atom. The molecule has 1 amide bonds. The summed E-state index contributed by atoms with van der Waals surface area (Å²) in [7, 11) is 0. The molecule has 0 spiro atoms. The minimum atomic E-state index is -0.418. The first kappa shape index (κ1) is 19.7. The molecular formula is C22H17N3O4S. The molecule has 1 N–H and O–H groups in total. The van der Waals surface area contributed by atoms with Crippen molar-refractivity contribution in [2.45, 2.75) is 13.8 Å². The molecule has 1 fully saturated rings. The van der Waals surface area contributed by atoms with E-state index in [0.29, 0.717) is 32.7 Å². The Balaban J connectivity index is 1.56. The number of amides is 1. The van der Waals surface area contributed by atoms with E-state index in [9.17, 15) is 14.9 Å². The molecule has 0 saturated carbocycles. The molecule has 0 atom stereocenters. The maximum atomic E-state index is 12.3. The smallest absolute Gasteiger partial charge is 0.273 e. The highest BCUT2D eigenvalue weighted by atomic mass is 32.2. The monoisotopic (exact) mass is 419 g/mol. The van der Waals surface area contributed by atoms with Crippen LogP contribution in [-0.4, -0.2) is 16.0 Å². The van der Waals surface area contributed by atoms with E-state index in [2.05, 4.69) is 10.3 Å². The molecule has 1 saturated heterocycles. The number of furan rings is 1. The lowest BCUT2D eigenvalue weighted by Gasteiger charge is -2.00. The largest absolute Gasteiger partial charge is 0.457 e. The SMILES string of the molecule is Cc1ccc(N=C2NC(=O)/C(=C\c3ccc(-c4ccc(C)c([N+](=O)[O-])c4)o3)S2)cc1. The summed E-state index contributed by atoms with van der Waals surface area (Å²) in [6.07, 6.45) is 1.63. The Morgan fingerprint density at radius 2 is 1.87 bits per heavy atom. The lowest BCUT2D eigenvalue weighted by Crippen LogP contribution is -2.19. The van der Waals surface area contributed by atoms with Crippen LogP contribution in [0.2, 0.25) is 0 Å². The number of carbonyl (C=O) groups excluding carboxylic acids is 1. The molecule has 2 heterocycles. The summed E-state index contributed by atoms with van der Waals surface area (Å²) in [4.78, 5) is 27.9. The first-order chi connectivity index (χ1) is 14.4. The van der Waals surface area contributed by atoms with E-state index in [0.717, 1.165) is 11.3 Å². The van der Waals surface area contributed by atoms with Crippen LogP contribution in [0.4, 0.5) is 11.4 Å². The van der Waals surface area contributed by atoms with Gasteiger partial charge in [0.05, 0.1) is 15.5 Å². The number of rotatable bonds is 4. The number of aryl methyl sites for hydroxylation is 2. The summed E-state index contributed by atoms with van der Waals surface area (Å²) in [6.45, 7) is 3.68. The fourth-order valence-electron chi connectivity index (χ4n) is 2.89. The summed E-state index contributed by atoms with van der Waals surface area (Å²) < 4.78 is 5.79.